The van der Waals surface area contributed by atoms with Crippen molar-refractivity contribution >= 4 is 17.7 Å². The summed E-state index contributed by atoms with van der Waals surface area (Å²) >= 11 is 4.53. The van der Waals surface area contributed by atoms with Crippen molar-refractivity contribution in [3.8, 4) is 0 Å². The molecule has 0 saturated heterocycles. The van der Waals surface area contributed by atoms with E-state index >= 15 is 0 Å². The molecule has 0 aliphatic carbocycles. The van der Waals surface area contributed by atoms with Gasteiger partial charge < -0.3 is 0 Å². The van der Waals surface area contributed by atoms with E-state index in [4.69, 9.17) is 0 Å². The van der Waals surface area contributed by atoms with Crippen LogP contribution < -0.4 is 0 Å². The summed E-state index contributed by atoms with van der Waals surface area (Å²) in [6.45, 7) is 4.62. The van der Waals surface area contributed by atoms with Gasteiger partial charge in [0, 0.05) is 6.42 Å². The fourth-order valence-corrected chi connectivity index (χ4v) is 2.56. The van der Waals surface area contributed by atoms with Crippen molar-refractivity contribution in [2.24, 2.45) is 5.92 Å². The van der Waals surface area contributed by atoms with E-state index in [2.05, 4.69) is 26.5 Å². The summed E-state index contributed by atoms with van der Waals surface area (Å²) in [6.07, 6.45) is 16.6. The molecule has 113 valence electrons. The lowest BCUT2D eigenvalue weighted by Gasteiger charge is -2.04. The molecule has 1 radical (unpaired) electrons. The van der Waals surface area contributed by atoms with Gasteiger partial charge in [0.25, 0.3) is 0 Å². The van der Waals surface area contributed by atoms with Crippen LogP contribution in [0.15, 0.2) is 0 Å². The molecule has 0 aromatic rings. The molecule has 0 unspecified atom stereocenters. The first-order valence-electron chi connectivity index (χ1n) is 8.32. The van der Waals surface area contributed by atoms with Crippen molar-refractivity contribution in [3.63, 3.8) is 0 Å². The van der Waals surface area contributed by atoms with Gasteiger partial charge >= 0.3 is 0 Å². The SMILES string of the molecule is CC(C)CCCCCCCCCCCCCC(=O)[S]. The lowest BCUT2D eigenvalue weighted by molar-refractivity contribution is -0.110. The molecular weight excluding hydrogens is 252 g/mol. The molecule has 0 spiro atoms. The Balaban J connectivity index is 2.97. The molecule has 0 aromatic carbocycles. The zero-order valence-corrected chi connectivity index (χ0v) is 13.9. The molecule has 0 amide bonds. The number of carbonyl (C=O) groups is 1. The van der Waals surface area contributed by atoms with Crippen molar-refractivity contribution in [2.75, 3.05) is 0 Å². The zero-order valence-electron chi connectivity index (χ0n) is 13.1. The maximum Gasteiger partial charge on any atom is 0.218 e. The molecule has 0 aliphatic rings. The highest BCUT2D eigenvalue weighted by molar-refractivity contribution is 7.96. The summed E-state index contributed by atoms with van der Waals surface area (Å²) in [5, 5.41) is -0.0718. The summed E-state index contributed by atoms with van der Waals surface area (Å²) in [7, 11) is 0. The lowest BCUT2D eigenvalue weighted by atomic mass is 10.0. The predicted molar refractivity (Wildman–Crippen MR) is 87.5 cm³/mol. The maximum absolute atomic E-state index is 10.6. The van der Waals surface area contributed by atoms with Crippen molar-refractivity contribution in [3.05, 3.63) is 0 Å². The van der Waals surface area contributed by atoms with E-state index in [1.54, 1.807) is 0 Å². The first-order valence-corrected chi connectivity index (χ1v) is 8.73. The second-order valence-electron chi connectivity index (χ2n) is 6.19. The summed E-state index contributed by atoms with van der Waals surface area (Å²) in [4.78, 5) is 10.6. The average Bonchev–Trinajstić information content (AvgIpc) is 2.34. The standard InChI is InChI=1S/C17H33OS/c1-16(2)14-12-10-8-6-4-3-5-7-9-11-13-15-17(18)19/h16H,3-15H2,1-2H3. The van der Waals surface area contributed by atoms with Crippen molar-refractivity contribution in [1.29, 1.82) is 0 Å². The molecule has 0 atom stereocenters. The van der Waals surface area contributed by atoms with Crippen LogP contribution in [0.2, 0.25) is 0 Å². The Morgan fingerprint density at radius 3 is 1.47 bits per heavy atom. The molecule has 0 aromatic heterocycles. The molecule has 19 heavy (non-hydrogen) atoms. The van der Waals surface area contributed by atoms with Crippen molar-refractivity contribution < 1.29 is 4.79 Å². The number of hydrogen-bond acceptors (Lipinski definition) is 1. The van der Waals surface area contributed by atoms with E-state index in [1.807, 2.05) is 0 Å². The van der Waals surface area contributed by atoms with Crippen LogP contribution >= 0.6 is 12.6 Å². The second-order valence-corrected chi connectivity index (χ2v) is 6.65. The molecule has 0 bridgehead atoms. The first-order chi connectivity index (χ1) is 9.13. The molecular formula is C17H33OS. The molecule has 2 heteroatoms. The van der Waals surface area contributed by atoms with Crippen LogP contribution in [0.3, 0.4) is 0 Å². The highest BCUT2D eigenvalue weighted by Crippen LogP contribution is 2.14. The van der Waals surface area contributed by atoms with Crippen molar-refractivity contribution in [1.82, 2.24) is 0 Å². The van der Waals surface area contributed by atoms with Gasteiger partial charge in [-0.1, -0.05) is 84.5 Å². The topological polar surface area (TPSA) is 17.1 Å². The van der Waals surface area contributed by atoms with Crippen LogP contribution in [0.25, 0.3) is 0 Å². The van der Waals surface area contributed by atoms with E-state index in [-0.39, 0.29) is 5.12 Å². The quantitative estimate of drug-likeness (QED) is 0.336. The molecule has 0 fully saturated rings. The Morgan fingerprint density at radius 1 is 0.737 bits per heavy atom. The van der Waals surface area contributed by atoms with Crippen molar-refractivity contribution in [2.45, 2.75) is 97.3 Å². The lowest BCUT2D eigenvalue weighted by Crippen LogP contribution is -1.88. The normalized spacial score (nSPS) is 11.1. The van der Waals surface area contributed by atoms with Gasteiger partial charge in [0.05, 0.1) is 0 Å². The Bertz CT molecular complexity index is 201. The van der Waals surface area contributed by atoms with E-state index in [0.717, 1.165) is 12.3 Å². The summed E-state index contributed by atoms with van der Waals surface area (Å²) < 4.78 is 0. The fourth-order valence-electron chi connectivity index (χ4n) is 2.41. The van der Waals surface area contributed by atoms with Crippen LogP contribution in [-0.4, -0.2) is 5.12 Å². The number of unbranched alkanes of at least 4 members (excludes halogenated alkanes) is 10. The monoisotopic (exact) mass is 285 g/mol. The van der Waals surface area contributed by atoms with E-state index in [9.17, 15) is 4.79 Å². The number of hydrogen-bond donors (Lipinski definition) is 0. The minimum atomic E-state index is -0.0718. The Labute approximate surface area is 126 Å². The zero-order chi connectivity index (χ0) is 14.3. The van der Waals surface area contributed by atoms with Crippen LogP contribution in [0.4, 0.5) is 0 Å². The predicted octanol–water partition coefficient (Wildman–Crippen LogP) is 6.44. The van der Waals surface area contributed by atoms with Gasteiger partial charge in [0.2, 0.25) is 5.12 Å². The van der Waals surface area contributed by atoms with Gasteiger partial charge in [-0.25, -0.2) is 0 Å². The molecule has 0 heterocycles. The fraction of sp³-hybridized carbons (Fsp3) is 0.941. The Kier molecular flexibility index (Phi) is 14.2. The molecule has 0 N–H and O–H groups in total. The Hall–Kier alpha value is -0.110. The minimum Gasteiger partial charge on any atom is -0.282 e. The van der Waals surface area contributed by atoms with Gasteiger partial charge in [-0.3, -0.25) is 4.79 Å². The highest BCUT2D eigenvalue weighted by Gasteiger charge is 1.97. The summed E-state index contributed by atoms with van der Waals surface area (Å²) in [5.41, 5.74) is 0. The van der Waals surface area contributed by atoms with E-state index in [1.165, 1.54) is 70.6 Å². The highest BCUT2D eigenvalue weighted by atomic mass is 32.1. The van der Waals surface area contributed by atoms with Crippen LogP contribution in [0.5, 0.6) is 0 Å². The van der Waals surface area contributed by atoms with Gasteiger partial charge in [0.15, 0.2) is 0 Å². The van der Waals surface area contributed by atoms with Gasteiger partial charge in [-0.15, -0.1) is 0 Å². The third-order valence-corrected chi connectivity index (χ3v) is 3.87. The summed E-state index contributed by atoms with van der Waals surface area (Å²) in [6, 6.07) is 0. The van der Waals surface area contributed by atoms with Gasteiger partial charge in [-0.05, 0) is 25.0 Å². The molecule has 0 saturated carbocycles. The van der Waals surface area contributed by atoms with Crippen LogP contribution in [-0.2, 0) is 4.79 Å². The molecule has 0 rings (SSSR count). The smallest absolute Gasteiger partial charge is 0.218 e. The Morgan fingerprint density at radius 2 is 1.11 bits per heavy atom. The van der Waals surface area contributed by atoms with E-state index in [0.29, 0.717) is 6.42 Å². The van der Waals surface area contributed by atoms with Gasteiger partial charge in [-0.2, -0.15) is 0 Å². The van der Waals surface area contributed by atoms with E-state index < -0.39 is 0 Å². The van der Waals surface area contributed by atoms with Gasteiger partial charge in [0.1, 0.15) is 0 Å². The maximum atomic E-state index is 10.6. The molecule has 1 nitrogen and oxygen atoms in total. The third-order valence-electron chi connectivity index (χ3n) is 3.66. The average molecular weight is 286 g/mol. The molecule has 0 aliphatic heterocycles. The van der Waals surface area contributed by atoms with Crippen LogP contribution in [0, 0.1) is 5.92 Å². The summed E-state index contributed by atoms with van der Waals surface area (Å²) in [5.74, 6) is 0.871. The second kappa shape index (κ2) is 14.3. The number of rotatable bonds is 14. The number of carbonyl (C=O) groups excluding carboxylic acids is 1. The first kappa shape index (κ1) is 18.9. The third kappa shape index (κ3) is 17.9. The minimum absolute atomic E-state index is 0.0718. The van der Waals surface area contributed by atoms with Crippen LogP contribution in [0.1, 0.15) is 97.3 Å². The largest absolute Gasteiger partial charge is 0.282 e.